The van der Waals surface area contributed by atoms with Gasteiger partial charge in [0.05, 0.1) is 11.9 Å². The zero-order valence-electron chi connectivity index (χ0n) is 11.3. The van der Waals surface area contributed by atoms with E-state index in [1.54, 1.807) is 4.68 Å². The minimum Gasteiger partial charge on any atom is -0.309 e. The first kappa shape index (κ1) is 12.8. The topological polar surface area (TPSA) is 60.6 Å². The Morgan fingerprint density at radius 1 is 1.28 bits per heavy atom. The first-order valence-corrected chi connectivity index (χ1v) is 6.26. The van der Waals surface area contributed by atoms with Gasteiger partial charge in [0.2, 0.25) is 0 Å². The van der Waals surface area contributed by atoms with Crippen LogP contribution in [0, 0.1) is 0 Å². The van der Waals surface area contributed by atoms with Gasteiger partial charge in [0, 0.05) is 30.9 Å². The van der Waals surface area contributed by atoms with Crippen LogP contribution in [0.3, 0.4) is 0 Å². The molecule has 2 aromatic heterocycles. The van der Waals surface area contributed by atoms with E-state index in [0.29, 0.717) is 12.1 Å². The highest BCUT2D eigenvalue weighted by atomic mass is 15.5. The van der Waals surface area contributed by atoms with Gasteiger partial charge in [-0.25, -0.2) is 4.68 Å². The standard InChI is InChI=1S/C12H20N6/c1-9(2)13-7-11-8-18(16-14-11)12-5-6-17(15-12)10(3)4/h5-6,8-10,13H,7H2,1-4H3. The molecule has 0 amide bonds. The molecule has 2 rings (SSSR count). The van der Waals surface area contributed by atoms with E-state index in [-0.39, 0.29) is 0 Å². The maximum atomic E-state index is 4.45. The van der Waals surface area contributed by atoms with E-state index in [4.69, 9.17) is 0 Å². The highest BCUT2D eigenvalue weighted by molar-refractivity contribution is 5.18. The van der Waals surface area contributed by atoms with Gasteiger partial charge >= 0.3 is 0 Å². The first-order chi connectivity index (χ1) is 8.56. The van der Waals surface area contributed by atoms with Crippen molar-refractivity contribution >= 4 is 0 Å². The zero-order valence-corrected chi connectivity index (χ0v) is 11.3. The van der Waals surface area contributed by atoms with Crippen molar-refractivity contribution in [1.82, 2.24) is 30.1 Å². The molecule has 0 aliphatic heterocycles. The van der Waals surface area contributed by atoms with E-state index in [1.165, 1.54) is 0 Å². The molecule has 0 unspecified atom stereocenters. The molecule has 0 fully saturated rings. The Morgan fingerprint density at radius 2 is 2.06 bits per heavy atom. The number of rotatable bonds is 5. The molecule has 0 aliphatic carbocycles. The van der Waals surface area contributed by atoms with E-state index in [0.717, 1.165) is 18.1 Å². The maximum absolute atomic E-state index is 4.45. The van der Waals surface area contributed by atoms with Gasteiger partial charge in [-0.2, -0.15) is 5.10 Å². The molecule has 0 bridgehead atoms. The predicted octanol–water partition coefficient (Wildman–Crippen LogP) is 1.54. The molecule has 0 atom stereocenters. The van der Waals surface area contributed by atoms with Crippen molar-refractivity contribution in [2.24, 2.45) is 0 Å². The lowest BCUT2D eigenvalue weighted by Crippen LogP contribution is -2.21. The summed E-state index contributed by atoms with van der Waals surface area (Å²) < 4.78 is 3.61. The summed E-state index contributed by atoms with van der Waals surface area (Å²) in [6, 6.07) is 2.73. The van der Waals surface area contributed by atoms with Gasteiger partial charge < -0.3 is 5.32 Å². The second-order valence-corrected chi connectivity index (χ2v) is 4.94. The molecule has 6 heteroatoms. The molecule has 0 saturated carbocycles. The third-order valence-corrected chi connectivity index (χ3v) is 2.59. The quantitative estimate of drug-likeness (QED) is 0.872. The molecule has 0 aliphatic rings. The van der Waals surface area contributed by atoms with E-state index in [2.05, 4.69) is 48.4 Å². The molecule has 0 spiro atoms. The molecule has 0 saturated heterocycles. The third-order valence-electron chi connectivity index (χ3n) is 2.59. The number of hydrogen-bond acceptors (Lipinski definition) is 4. The molecule has 0 radical (unpaired) electrons. The van der Waals surface area contributed by atoms with Crippen LogP contribution in [0.15, 0.2) is 18.5 Å². The van der Waals surface area contributed by atoms with Gasteiger partial charge in [-0.3, -0.25) is 4.68 Å². The normalized spacial score (nSPS) is 11.7. The number of hydrogen-bond donors (Lipinski definition) is 1. The average molecular weight is 248 g/mol. The highest BCUT2D eigenvalue weighted by Crippen LogP contribution is 2.08. The summed E-state index contributed by atoms with van der Waals surface area (Å²) in [5, 5.41) is 16.0. The molecule has 98 valence electrons. The van der Waals surface area contributed by atoms with Crippen LogP contribution in [-0.2, 0) is 6.54 Å². The van der Waals surface area contributed by atoms with Crippen molar-refractivity contribution in [3.05, 3.63) is 24.2 Å². The molecule has 2 aromatic rings. The number of aromatic nitrogens is 5. The summed E-state index contributed by atoms with van der Waals surface area (Å²) in [4.78, 5) is 0. The van der Waals surface area contributed by atoms with Crippen LogP contribution in [0.1, 0.15) is 39.4 Å². The van der Waals surface area contributed by atoms with Crippen LogP contribution in [0.5, 0.6) is 0 Å². The largest absolute Gasteiger partial charge is 0.309 e. The Hall–Kier alpha value is -1.69. The minimum absolute atomic E-state index is 0.351. The van der Waals surface area contributed by atoms with Gasteiger partial charge in [0.1, 0.15) is 0 Å². The zero-order chi connectivity index (χ0) is 13.1. The predicted molar refractivity (Wildman–Crippen MR) is 69.5 cm³/mol. The van der Waals surface area contributed by atoms with Gasteiger partial charge in [-0.15, -0.1) is 5.10 Å². The van der Waals surface area contributed by atoms with Gasteiger partial charge in [-0.1, -0.05) is 19.1 Å². The van der Waals surface area contributed by atoms with Gasteiger partial charge in [0.25, 0.3) is 0 Å². The Morgan fingerprint density at radius 3 is 2.67 bits per heavy atom. The Kier molecular flexibility index (Phi) is 3.76. The maximum Gasteiger partial charge on any atom is 0.176 e. The Labute approximate surface area is 107 Å². The van der Waals surface area contributed by atoms with Crippen LogP contribution in [0.4, 0.5) is 0 Å². The van der Waals surface area contributed by atoms with Crippen LogP contribution < -0.4 is 5.32 Å². The van der Waals surface area contributed by atoms with Crippen LogP contribution in [0.2, 0.25) is 0 Å². The lowest BCUT2D eigenvalue weighted by Gasteiger charge is -2.04. The van der Waals surface area contributed by atoms with Crippen molar-refractivity contribution < 1.29 is 0 Å². The second-order valence-electron chi connectivity index (χ2n) is 4.94. The van der Waals surface area contributed by atoms with Crippen molar-refractivity contribution in [3.63, 3.8) is 0 Å². The van der Waals surface area contributed by atoms with Crippen molar-refractivity contribution in [1.29, 1.82) is 0 Å². The molecular weight excluding hydrogens is 228 g/mol. The van der Waals surface area contributed by atoms with Crippen LogP contribution in [-0.4, -0.2) is 30.8 Å². The monoisotopic (exact) mass is 248 g/mol. The molecule has 1 N–H and O–H groups in total. The lowest BCUT2D eigenvalue weighted by molar-refractivity contribution is 0.527. The summed E-state index contributed by atoms with van der Waals surface area (Å²) in [7, 11) is 0. The van der Waals surface area contributed by atoms with E-state index in [1.807, 2.05) is 23.1 Å². The summed E-state index contributed by atoms with van der Waals surface area (Å²) in [6.07, 6.45) is 3.86. The third kappa shape index (κ3) is 2.95. The van der Waals surface area contributed by atoms with E-state index >= 15 is 0 Å². The van der Waals surface area contributed by atoms with Gasteiger partial charge in [-0.05, 0) is 13.8 Å². The fourth-order valence-corrected chi connectivity index (χ4v) is 1.54. The van der Waals surface area contributed by atoms with E-state index in [9.17, 15) is 0 Å². The fraction of sp³-hybridized carbons (Fsp3) is 0.583. The SMILES string of the molecule is CC(C)NCc1cn(-c2ccn(C(C)C)n2)nn1. The molecular formula is C12H20N6. The fourth-order valence-electron chi connectivity index (χ4n) is 1.54. The van der Waals surface area contributed by atoms with Crippen LogP contribution in [0.25, 0.3) is 5.82 Å². The Balaban J connectivity index is 2.08. The summed E-state index contributed by atoms with van der Waals surface area (Å²) in [6.45, 7) is 9.12. The van der Waals surface area contributed by atoms with E-state index < -0.39 is 0 Å². The van der Waals surface area contributed by atoms with Crippen molar-refractivity contribution in [2.45, 2.75) is 46.3 Å². The highest BCUT2D eigenvalue weighted by Gasteiger charge is 2.07. The average Bonchev–Trinajstić information content (AvgIpc) is 2.95. The molecule has 0 aromatic carbocycles. The summed E-state index contributed by atoms with van der Waals surface area (Å²) in [5.41, 5.74) is 0.919. The first-order valence-electron chi connectivity index (χ1n) is 6.26. The lowest BCUT2D eigenvalue weighted by atomic mass is 10.3. The van der Waals surface area contributed by atoms with Crippen molar-refractivity contribution in [3.8, 4) is 5.82 Å². The number of nitrogens with zero attached hydrogens (tertiary/aromatic N) is 5. The van der Waals surface area contributed by atoms with Crippen LogP contribution >= 0.6 is 0 Å². The summed E-state index contributed by atoms with van der Waals surface area (Å²) in [5.74, 6) is 0.798. The molecule has 6 nitrogen and oxygen atoms in total. The van der Waals surface area contributed by atoms with Gasteiger partial charge in [0.15, 0.2) is 5.82 Å². The second kappa shape index (κ2) is 5.30. The summed E-state index contributed by atoms with van der Waals surface area (Å²) >= 11 is 0. The Bertz CT molecular complexity index is 496. The van der Waals surface area contributed by atoms with Crippen molar-refractivity contribution in [2.75, 3.05) is 0 Å². The smallest absolute Gasteiger partial charge is 0.176 e. The molecule has 18 heavy (non-hydrogen) atoms. The minimum atomic E-state index is 0.351. The molecule has 2 heterocycles. The number of nitrogens with one attached hydrogen (secondary N) is 1.